The minimum Gasteiger partial charge on any atom is -0.434 e. The lowest BCUT2D eigenvalue weighted by Gasteiger charge is -2.00. The largest absolute Gasteiger partial charge is 0.434 e. The molecule has 0 amide bonds. The first-order valence-electron chi connectivity index (χ1n) is 2.94. The fourth-order valence-corrected chi connectivity index (χ4v) is 1.35. The zero-order valence-electron chi connectivity index (χ0n) is 5.32. The third-order valence-corrected chi connectivity index (χ3v) is 2.19. The number of aliphatic hydroxyl groups is 1. The SMILES string of the molecule is O=C1OC=CC1SCCO. The van der Waals surface area contributed by atoms with Gasteiger partial charge in [0.15, 0.2) is 0 Å². The molecule has 4 heteroatoms. The topological polar surface area (TPSA) is 46.5 Å². The Labute approximate surface area is 63.1 Å². The molecule has 0 bridgehead atoms. The van der Waals surface area contributed by atoms with Crippen LogP contribution in [0.5, 0.6) is 0 Å². The van der Waals surface area contributed by atoms with Crippen LogP contribution in [-0.4, -0.2) is 28.7 Å². The number of hydrogen-bond donors (Lipinski definition) is 1. The highest BCUT2D eigenvalue weighted by atomic mass is 32.2. The maximum Gasteiger partial charge on any atom is 0.327 e. The number of carbonyl (C=O) groups excluding carboxylic acids is 1. The van der Waals surface area contributed by atoms with E-state index in [0.29, 0.717) is 5.75 Å². The van der Waals surface area contributed by atoms with Crippen LogP contribution in [0.25, 0.3) is 0 Å². The Morgan fingerprint density at radius 3 is 3.10 bits per heavy atom. The highest BCUT2D eigenvalue weighted by molar-refractivity contribution is 8.00. The van der Waals surface area contributed by atoms with Crippen LogP contribution in [0.4, 0.5) is 0 Å². The standard InChI is InChI=1S/C6H8O3S/c7-2-4-10-5-1-3-9-6(5)8/h1,3,5,7H,2,4H2. The van der Waals surface area contributed by atoms with Crippen LogP contribution in [0, 0.1) is 0 Å². The number of ether oxygens (including phenoxy) is 1. The number of thioether (sulfide) groups is 1. The van der Waals surface area contributed by atoms with Gasteiger partial charge in [0.05, 0.1) is 12.9 Å². The van der Waals surface area contributed by atoms with Gasteiger partial charge >= 0.3 is 5.97 Å². The Morgan fingerprint density at radius 2 is 2.60 bits per heavy atom. The molecule has 0 fully saturated rings. The van der Waals surface area contributed by atoms with Crippen LogP contribution in [0.3, 0.4) is 0 Å². The van der Waals surface area contributed by atoms with Gasteiger partial charge in [0.25, 0.3) is 0 Å². The first-order valence-corrected chi connectivity index (χ1v) is 3.99. The Hall–Kier alpha value is -0.480. The first-order chi connectivity index (χ1) is 4.84. The van der Waals surface area contributed by atoms with Crippen molar-refractivity contribution in [2.24, 2.45) is 0 Å². The molecule has 1 rings (SSSR count). The molecule has 0 aromatic carbocycles. The highest BCUT2D eigenvalue weighted by Crippen LogP contribution is 2.17. The molecule has 56 valence electrons. The summed E-state index contributed by atoms with van der Waals surface area (Å²) >= 11 is 1.38. The molecule has 0 saturated carbocycles. The Kier molecular flexibility index (Phi) is 2.77. The molecule has 0 aromatic rings. The van der Waals surface area contributed by atoms with E-state index in [1.165, 1.54) is 18.0 Å². The van der Waals surface area contributed by atoms with Gasteiger partial charge in [-0.2, -0.15) is 0 Å². The van der Waals surface area contributed by atoms with E-state index in [1.54, 1.807) is 6.08 Å². The number of rotatable bonds is 3. The van der Waals surface area contributed by atoms with Gasteiger partial charge in [-0.25, -0.2) is 0 Å². The first kappa shape index (κ1) is 7.63. The van der Waals surface area contributed by atoms with E-state index in [1.807, 2.05) is 0 Å². The zero-order valence-corrected chi connectivity index (χ0v) is 6.13. The number of aliphatic hydroxyl groups excluding tert-OH is 1. The van der Waals surface area contributed by atoms with E-state index in [0.717, 1.165) is 0 Å². The van der Waals surface area contributed by atoms with E-state index >= 15 is 0 Å². The van der Waals surface area contributed by atoms with Gasteiger partial charge in [-0.05, 0) is 6.08 Å². The summed E-state index contributed by atoms with van der Waals surface area (Å²) in [7, 11) is 0. The molecule has 1 aliphatic heterocycles. The minimum atomic E-state index is -0.238. The number of hydrogen-bond acceptors (Lipinski definition) is 4. The molecule has 0 aromatic heterocycles. The number of esters is 1. The summed E-state index contributed by atoms with van der Waals surface area (Å²) in [5, 5.41) is 8.21. The third-order valence-electron chi connectivity index (χ3n) is 1.06. The quantitative estimate of drug-likeness (QED) is 0.597. The Morgan fingerprint density at radius 1 is 1.80 bits per heavy atom. The highest BCUT2D eigenvalue weighted by Gasteiger charge is 2.20. The molecular formula is C6H8O3S. The van der Waals surface area contributed by atoms with Crippen LogP contribution in [-0.2, 0) is 9.53 Å². The van der Waals surface area contributed by atoms with Crippen LogP contribution < -0.4 is 0 Å². The average molecular weight is 160 g/mol. The van der Waals surface area contributed by atoms with Crippen LogP contribution in [0.2, 0.25) is 0 Å². The van der Waals surface area contributed by atoms with Crippen LogP contribution in [0.15, 0.2) is 12.3 Å². The molecule has 0 saturated heterocycles. The molecule has 0 aliphatic carbocycles. The van der Waals surface area contributed by atoms with Crippen molar-refractivity contribution in [1.82, 2.24) is 0 Å². The number of carbonyl (C=O) groups is 1. The van der Waals surface area contributed by atoms with Crippen molar-refractivity contribution in [3.63, 3.8) is 0 Å². The van der Waals surface area contributed by atoms with Gasteiger partial charge in [-0.3, -0.25) is 4.79 Å². The summed E-state index contributed by atoms with van der Waals surface area (Å²) in [4.78, 5) is 10.7. The predicted molar refractivity (Wildman–Crippen MR) is 38.6 cm³/mol. The van der Waals surface area contributed by atoms with Gasteiger partial charge in [0.2, 0.25) is 0 Å². The smallest absolute Gasteiger partial charge is 0.327 e. The summed E-state index contributed by atoms with van der Waals surface area (Å²) in [5.74, 6) is 0.336. The van der Waals surface area contributed by atoms with Crippen molar-refractivity contribution in [3.8, 4) is 0 Å². The normalized spacial score (nSPS) is 23.3. The number of cyclic esters (lactones) is 1. The molecular weight excluding hydrogens is 152 g/mol. The lowest BCUT2D eigenvalue weighted by Crippen LogP contribution is -2.11. The molecule has 1 aliphatic rings. The molecule has 1 atom stereocenters. The predicted octanol–water partition coefficient (Wildman–Crippen LogP) is 0.151. The van der Waals surface area contributed by atoms with E-state index in [2.05, 4.69) is 4.74 Å². The Balaban J connectivity index is 2.27. The molecule has 10 heavy (non-hydrogen) atoms. The molecule has 1 N–H and O–H groups in total. The van der Waals surface area contributed by atoms with Crippen molar-refractivity contribution in [3.05, 3.63) is 12.3 Å². The van der Waals surface area contributed by atoms with Gasteiger partial charge < -0.3 is 9.84 Å². The van der Waals surface area contributed by atoms with E-state index in [9.17, 15) is 4.79 Å². The maximum atomic E-state index is 10.7. The third kappa shape index (κ3) is 1.75. The molecule has 0 radical (unpaired) electrons. The second kappa shape index (κ2) is 3.63. The monoisotopic (exact) mass is 160 g/mol. The van der Waals surface area contributed by atoms with Crippen molar-refractivity contribution in [2.75, 3.05) is 12.4 Å². The van der Waals surface area contributed by atoms with Gasteiger partial charge in [-0.15, -0.1) is 11.8 Å². The summed E-state index contributed by atoms with van der Waals surface area (Å²) in [5.41, 5.74) is 0. The summed E-state index contributed by atoms with van der Waals surface area (Å²) in [6, 6.07) is 0. The summed E-state index contributed by atoms with van der Waals surface area (Å²) < 4.78 is 4.54. The minimum absolute atomic E-state index is 0.0995. The average Bonchev–Trinajstić information content (AvgIpc) is 2.31. The molecule has 3 nitrogen and oxygen atoms in total. The molecule has 0 spiro atoms. The maximum absolute atomic E-state index is 10.7. The van der Waals surface area contributed by atoms with Gasteiger partial charge in [0.1, 0.15) is 5.25 Å². The van der Waals surface area contributed by atoms with Crippen molar-refractivity contribution >= 4 is 17.7 Å². The summed E-state index contributed by atoms with van der Waals surface area (Å²) in [6.45, 7) is 0.0995. The lowest BCUT2D eigenvalue weighted by atomic mass is 10.5. The van der Waals surface area contributed by atoms with E-state index in [-0.39, 0.29) is 17.8 Å². The van der Waals surface area contributed by atoms with Gasteiger partial charge in [0, 0.05) is 5.75 Å². The Bertz CT molecular complexity index is 155. The lowest BCUT2D eigenvalue weighted by molar-refractivity contribution is -0.134. The van der Waals surface area contributed by atoms with Crippen molar-refractivity contribution < 1.29 is 14.6 Å². The van der Waals surface area contributed by atoms with E-state index in [4.69, 9.17) is 5.11 Å². The fourth-order valence-electron chi connectivity index (χ4n) is 0.627. The van der Waals surface area contributed by atoms with Gasteiger partial charge in [-0.1, -0.05) is 0 Å². The zero-order chi connectivity index (χ0) is 7.40. The summed E-state index contributed by atoms with van der Waals surface area (Å²) in [6.07, 6.45) is 3.07. The van der Waals surface area contributed by atoms with Crippen LogP contribution >= 0.6 is 11.8 Å². The molecule has 1 unspecified atom stereocenters. The van der Waals surface area contributed by atoms with E-state index < -0.39 is 0 Å². The second-order valence-corrected chi connectivity index (χ2v) is 3.03. The molecule has 1 heterocycles. The van der Waals surface area contributed by atoms with Crippen molar-refractivity contribution in [1.29, 1.82) is 0 Å². The van der Waals surface area contributed by atoms with Crippen molar-refractivity contribution in [2.45, 2.75) is 5.25 Å². The second-order valence-electron chi connectivity index (χ2n) is 1.78. The fraction of sp³-hybridized carbons (Fsp3) is 0.500. The van der Waals surface area contributed by atoms with Crippen LogP contribution in [0.1, 0.15) is 0 Å².